The number of carbonyl (C=O) groups is 1. The molecule has 2 heterocycles. The monoisotopic (exact) mass is 377 g/mol. The third-order valence-corrected chi connectivity index (χ3v) is 4.06. The van der Waals surface area contributed by atoms with Crippen molar-refractivity contribution < 1.29 is 18.0 Å². The quantitative estimate of drug-likeness (QED) is 0.716. The Bertz CT molecular complexity index is 921. The van der Waals surface area contributed by atoms with Crippen LogP contribution in [-0.4, -0.2) is 27.2 Å². The minimum Gasteiger partial charge on any atom is -0.338 e. The first-order valence-corrected chi connectivity index (χ1v) is 8.35. The van der Waals surface area contributed by atoms with Gasteiger partial charge in [0.25, 0.3) is 0 Å². The molecule has 2 aromatic heterocycles. The van der Waals surface area contributed by atoms with Crippen LogP contribution in [0.3, 0.4) is 0 Å². The summed E-state index contributed by atoms with van der Waals surface area (Å²) in [5.74, 6) is 0.600. The van der Waals surface area contributed by atoms with Crippen molar-refractivity contribution >= 4 is 11.7 Å². The summed E-state index contributed by atoms with van der Waals surface area (Å²) in [6.45, 7) is 2.09. The van der Waals surface area contributed by atoms with E-state index in [2.05, 4.69) is 20.8 Å². The average Bonchev–Trinajstić information content (AvgIpc) is 3.05. The number of nitrogens with one attached hydrogen (secondary N) is 2. The van der Waals surface area contributed by atoms with Crippen molar-refractivity contribution in [2.24, 2.45) is 0 Å². The minimum atomic E-state index is -4.35. The van der Waals surface area contributed by atoms with Crippen molar-refractivity contribution in [3.63, 3.8) is 0 Å². The highest BCUT2D eigenvalue weighted by Gasteiger charge is 2.29. The van der Waals surface area contributed by atoms with Crippen molar-refractivity contribution in [1.29, 1.82) is 0 Å². The number of alkyl halides is 3. The summed E-state index contributed by atoms with van der Waals surface area (Å²) in [5, 5.41) is 13.6. The largest absolute Gasteiger partial charge is 0.416 e. The molecule has 0 spiro atoms. The molecule has 0 bridgehead atoms. The number of halogens is 3. The first-order chi connectivity index (χ1) is 12.8. The Kier molecular flexibility index (Phi) is 5.29. The standard InChI is InChI=1S/C18H18F3N5O/c1-12(16-25-24-15-4-2-3-11-26(15)16)23-17(27)22-10-9-13-5-7-14(8-6-13)18(19,20)21/h2-8,11-12H,9-10H2,1H3,(H2,22,23,27). The summed E-state index contributed by atoms with van der Waals surface area (Å²) in [7, 11) is 0. The molecule has 9 heteroatoms. The molecule has 0 fully saturated rings. The average molecular weight is 377 g/mol. The number of hydrogen-bond donors (Lipinski definition) is 2. The van der Waals surface area contributed by atoms with Gasteiger partial charge >= 0.3 is 12.2 Å². The third-order valence-electron chi connectivity index (χ3n) is 4.06. The Balaban J connectivity index is 1.49. The number of fused-ring (bicyclic) bond motifs is 1. The molecule has 3 aromatic rings. The summed E-state index contributed by atoms with van der Waals surface area (Å²) >= 11 is 0. The molecule has 0 saturated heterocycles. The molecule has 142 valence electrons. The van der Waals surface area contributed by atoms with E-state index in [1.807, 2.05) is 24.4 Å². The Morgan fingerprint density at radius 3 is 2.59 bits per heavy atom. The van der Waals surface area contributed by atoms with Gasteiger partial charge in [-0.3, -0.25) is 4.40 Å². The van der Waals surface area contributed by atoms with Crippen LogP contribution in [0.2, 0.25) is 0 Å². The molecule has 0 aliphatic rings. The maximum Gasteiger partial charge on any atom is 0.416 e. The van der Waals surface area contributed by atoms with Gasteiger partial charge in [0.2, 0.25) is 0 Å². The molecule has 6 nitrogen and oxygen atoms in total. The maximum atomic E-state index is 12.5. The summed E-state index contributed by atoms with van der Waals surface area (Å²) in [6.07, 6.45) is -2.11. The molecule has 27 heavy (non-hydrogen) atoms. The van der Waals surface area contributed by atoms with Crippen LogP contribution in [0, 0.1) is 0 Å². The molecule has 0 saturated carbocycles. The first-order valence-electron chi connectivity index (χ1n) is 8.35. The fourth-order valence-corrected chi connectivity index (χ4v) is 2.65. The highest BCUT2D eigenvalue weighted by Crippen LogP contribution is 2.29. The van der Waals surface area contributed by atoms with E-state index in [0.717, 1.165) is 12.1 Å². The number of urea groups is 1. The predicted molar refractivity (Wildman–Crippen MR) is 93.1 cm³/mol. The van der Waals surface area contributed by atoms with Crippen molar-refractivity contribution in [3.05, 3.63) is 65.6 Å². The maximum absolute atomic E-state index is 12.5. The third kappa shape index (κ3) is 4.55. The van der Waals surface area contributed by atoms with Gasteiger partial charge < -0.3 is 10.6 Å². The van der Waals surface area contributed by atoms with Crippen LogP contribution in [0.25, 0.3) is 5.65 Å². The lowest BCUT2D eigenvalue weighted by atomic mass is 10.1. The summed E-state index contributed by atoms with van der Waals surface area (Å²) in [6, 6.07) is 9.64. The highest BCUT2D eigenvalue weighted by molar-refractivity contribution is 5.74. The highest BCUT2D eigenvalue weighted by atomic mass is 19.4. The molecular weight excluding hydrogens is 359 g/mol. The van der Waals surface area contributed by atoms with E-state index >= 15 is 0 Å². The van der Waals surface area contributed by atoms with Crippen molar-refractivity contribution in [1.82, 2.24) is 25.2 Å². The lowest BCUT2D eigenvalue weighted by Crippen LogP contribution is -2.38. The van der Waals surface area contributed by atoms with Gasteiger partial charge in [0, 0.05) is 12.7 Å². The van der Waals surface area contributed by atoms with Gasteiger partial charge in [-0.15, -0.1) is 10.2 Å². The number of aromatic nitrogens is 3. The van der Waals surface area contributed by atoms with E-state index in [1.165, 1.54) is 12.1 Å². The van der Waals surface area contributed by atoms with Crippen LogP contribution in [0.4, 0.5) is 18.0 Å². The Labute approximate surface area is 153 Å². The van der Waals surface area contributed by atoms with Crippen molar-refractivity contribution in [3.8, 4) is 0 Å². The van der Waals surface area contributed by atoms with Gasteiger partial charge in [0.05, 0.1) is 11.6 Å². The zero-order valence-electron chi connectivity index (χ0n) is 14.5. The van der Waals surface area contributed by atoms with E-state index < -0.39 is 11.7 Å². The summed E-state index contributed by atoms with van der Waals surface area (Å²) in [4.78, 5) is 12.0. The molecule has 0 aliphatic carbocycles. The van der Waals surface area contributed by atoms with Gasteiger partial charge in [-0.05, 0) is 43.2 Å². The zero-order chi connectivity index (χ0) is 19.4. The molecule has 0 radical (unpaired) electrons. The Morgan fingerprint density at radius 2 is 1.89 bits per heavy atom. The van der Waals surface area contributed by atoms with Crippen LogP contribution >= 0.6 is 0 Å². The van der Waals surface area contributed by atoms with Crippen LogP contribution in [0.1, 0.15) is 29.9 Å². The fourth-order valence-electron chi connectivity index (χ4n) is 2.65. The fraction of sp³-hybridized carbons (Fsp3) is 0.278. The van der Waals surface area contributed by atoms with Crippen molar-refractivity contribution in [2.75, 3.05) is 6.54 Å². The van der Waals surface area contributed by atoms with Crippen LogP contribution < -0.4 is 10.6 Å². The predicted octanol–water partition coefficient (Wildman–Crippen LogP) is 3.35. The molecular formula is C18H18F3N5O. The number of carbonyl (C=O) groups excluding carboxylic acids is 1. The Hall–Kier alpha value is -3.10. The summed E-state index contributed by atoms with van der Waals surface area (Å²) in [5.41, 5.74) is 0.704. The van der Waals surface area contributed by atoms with E-state index in [4.69, 9.17) is 0 Å². The normalized spacial score (nSPS) is 12.7. The molecule has 0 aliphatic heterocycles. The van der Waals surface area contributed by atoms with Gasteiger partial charge in [-0.2, -0.15) is 13.2 Å². The smallest absolute Gasteiger partial charge is 0.338 e. The summed E-state index contributed by atoms with van der Waals surface area (Å²) < 4.78 is 39.4. The number of nitrogens with zero attached hydrogens (tertiary/aromatic N) is 3. The van der Waals surface area contributed by atoms with Crippen LogP contribution in [0.5, 0.6) is 0 Å². The van der Waals surface area contributed by atoms with E-state index in [-0.39, 0.29) is 12.1 Å². The molecule has 3 rings (SSSR count). The Morgan fingerprint density at radius 1 is 1.15 bits per heavy atom. The van der Waals surface area contributed by atoms with Crippen molar-refractivity contribution in [2.45, 2.75) is 25.6 Å². The number of hydrogen-bond acceptors (Lipinski definition) is 3. The van der Waals surface area contributed by atoms with Gasteiger partial charge in [0.1, 0.15) is 0 Å². The number of rotatable bonds is 5. The number of pyridine rings is 1. The topological polar surface area (TPSA) is 71.3 Å². The number of benzene rings is 1. The van der Waals surface area contributed by atoms with E-state index in [9.17, 15) is 18.0 Å². The first kappa shape index (κ1) is 18.7. The van der Waals surface area contributed by atoms with E-state index in [0.29, 0.717) is 30.0 Å². The second-order valence-corrected chi connectivity index (χ2v) is 6.05. The van der Waals surface area contributed by atoms with Crippen LogP contribution in [-0.2, 0) is 12.6 Å². The lowest BCUT2D eigenvalue weighted by molar-refractivity contribution is -0.137. The molecule has 1 atom stereocenters. The molecule has 2 amide bonds. The molecule has 1 aromatic carbocycles. The van der Waals surface area contributed by atoms with Crippen LogP contribution in [0.15, 0.2) is 48.7 Å². The molecule has 2 N–H and O–H groups in total. The second kappa shape index (κ2) is 7.65. The minimum absolute atomic E-state index is 0.296. The van der Waals surface area contributed by atoms with Gasteiger partial charge in [-0.25, -0.2) is 4.79 Å². The zero-order valence-corrected chi connectivity index (χ0v) is 14.5. The second-order valence-electron chi connectivity index (χ2n) is 6.05. The number of amides is 2. The van der Waals surface area contributed by atoms with E-state index in [1.54, 1.807) is 11.3 Å². The molecule has 1 unspecified atom stereocenters. The SMILES string of the molecule is CC(NC(=O)NCCc1ccc(C(F)(F)F)cc1)c1nnc2ccccn12. The lowest BCUT2D eigenvalue weighted by Gasteiger charge is -2.13. The van der Waals surface area contributed by atoms with Gasteiger partial charge in [-0.1, -0.05) is 18.2 Å². The van der Waals surface area contributed by atoms with Gasteiger partial charge in [0.15, 0.2) is 11.5 Å².